The van der Waals surface area contributed by atoms with Gasteiger partial charge in [0.1, 0.15) is 12.1 Å². The number of ether oxygens (including phenoxy) is 1. The molecule has 0 aromatic heterocycles. The summed E-state index contributed by atoms with van der Waals surface area (Å²) >= 11 is 0. The largest absolute Gasteiger partial charge is 0.454 e. The number of esters is 1. The Balaban J connectivity index is 1.50. The van der Waals surface area contributed by atoms with E-state index in [4.69, 9.17) is 4.74 Å². The van der Waals surface area contributed by atoms with Gasteiger partial charge in [0.15, 0.2) is 6.61 Å². The highest BCUT2D eigenvalue weighted by atomic mass is 16.5. The summed E-state index contributed by atoms with van der Waals surface area (Å²) in [4.78, 5) is 51.0. The molecular formula is C19H23N3O5. The molecule has 1 aromatic rings. The summed E-state index contributed by atoms with van der Waals surface area (Å²) in [6.07, 6.45) is 1.17. The first-order valence-electron chi connectivity index (χ1n) is 8.98. The fraction of sp³-hybridized carbons (Fsp3) is 0.474. The van der Waals surface area contributed by atoms with E-state index >= 15 is 0 Å². The number of carbonyl (C=O) groups is 4. The molecule has 0 aliphatic carbocycles. The van der Waals surface area contributed by atoms with Gasteiger partial charge in [0, 0.05) is 13.1 Å². The summed E-state index contributed by atoms with van der Waals surface area (Å²) in [7, 11) is 0. The van der Waals surface area contributed by atoms with Crippen molar-refractivity contribution in [3.05, 3.63) is 35.4 Å². The standard InChI is InChI=1S/C19H23N3O5/c1-3-19(2)17(25)22(18(26)20-19)11-16(24)27-12-15(23)21-9-8-13-6-4-5-7-14(13)10-21/h4-7H,3,8-12H2,1-2H3,(H,20,26)/t19-/m1/s1. The highest BCUT2D eigenvalue weighted by molar-refractivity contribution is 6.08. The van der Waals surface area contributed by atoms with Gasteiger partial charge in [-0.1, -0.05) is 31.2 Å². The Hall–Kier alpha value is -2.90. The normalized spacial score (nSPS) is 21.7. The smallest absolute Gasteiger partial charge is 0.326 e. The zero-order valence-electron chi connectivity index (χ0n) is 15.5. The Kier molecular flexibility index (Phi) is 5.16. The second kappa shape index (κ2) is 7.38. The molecule has 1 saturated heterocycles. The maximum absolute atomic E-state index is 12.3. The molecule has 3 rings (SSSR count). The molecule has 4 amide bonds. The Morgan fingerprint density at radius 3 is 2.59 bits per heavy atom. The fourth-order valence-corrected chi connectivity index (χ4v) is 3.25. The lowest BCUT2D eigenvalue weighted by Gasteiger charge is -2.28. The third-order valence-corrected chi connectivity index (χ3v) is 5.18. The molecule has 1 N–H and O–H groups in total. The molecule has 2 aliphatic heterocycles. The van der Waals surface area contributed by atoms with Crippen molar-refractivity contribution in [3.8, 4) is 0 Å². The number of hydrogen-bond donors (Lipinski definition) is 1. The fourth-order valence-electron chi connectivity index (χ4n) is 3.25. The Labute approximate surface area is 157 Å². The van der Waals surface area contributed by atoms with Crippen molar-refractivity contribution < 1.29 is 23.9 Å². The summed E-state index contributed by atoms with van der Waals surface area (Å²) in [6.45, 7) is 3.52. The molecular weight excluding hydrogens is 350 g/mol. The van der Waals surface area contributed by atoms with E-state index < -0.39 is 36.6 Å². The molecule has 1 fully saturated rings. The average molecular weight is 373 g/mol. The van der Waals surface area contributed by atoms with E-state index in [1.54, 1.807) is 18.7 Å². The van der Waals surface area contributed by atoms with Gasteiger partial charge in [-0.2, -0.15) is 0 Å². The van der Waals surface area contributed by atoms with E-state index in [-0.39, 0.29) is 5.91 Å². The molecule has 0 unspecified atom stereocenters. The summed E-state index contributed by atoms with van der Waals surface area (Å²) in [5.74, 6) is -1.55. The number of nitrogens with one attached hydrogen (secondary N) is 1. The lowest BCUT2D eigenvalue weighted by molar-refractivity contribution is -0.154. The minimum atomic E-state index is -1.01. The first-order valence-corrected chi connectivity index (χ1v) is 8.98. The minimum absolute atomic E-state index is 0.298. The van der Waals surface area contributed by atoms with Crippen LogP contribution in [0.1, 0.15) is 31.4 Å². The van der Waals surface area contributed by atoms with E-state index in [9.17, 15) is 19.2 Å². The van der Waals surface area contributed by atoms with Crippen LogP contribution in [-0.4, -0.2) is 58.8 Å². The zero-order valence-corrected chi connectivity index (χ0v) is 15.5. The third kappa shape index (κ3) is 3.79. The maximum Gasteiger partial charge on any atom is 0.326 e. The van der Waals surface area contributed by atoms with Crippen LogP contribution in [0.15, 0.2) is 24.3 Å². The van der Waals surface area contributed by atoms with Crippen LogP contribution in [-0.2, 0) is 32.1 Å². The molecule has 0 bridgehead atoms. The van der Waals surface area contributed by atoms with Crippen LogP contribution in [0.2, 0.25) is 0 Å². The molecule has 1 atom stereocenters. The van der Waals surface area contributed by atoms with Gasteiger partial charge in [-0.05, 0) is 30.9 Å². The van der Waals surface area contributed by atoms with Gasteiger partial charge in [0.25, 0.3) is 11.8 Å². The maximum atomic E-state index is 12.3. The first kappa shape index (κ1) is 18.9. The summed E-state index contributed by atoms with van der Waals surface area (Å²) in [5, 5.41) is 2.57. The second-order valence-electron chi connectivity index (χ2n) is 7.00. The molecule has 2 heterocycles. The number of urea groups is 1. The van der Waals surface area contributed by atoms with Crippen LogP contribution >= 0.6 is 0 Å². The molecule has 0 spiro atoms. The molecule has 0 saturated carbocycles. The van der Waals surface area contributed by atoms with E-state index in [0.29, 0.717) is 19.5 Å². The summed E-state index contributed by atoms with van der Waals surface area (Å²) in [6, 6.07) is 7.29. The molecule has 144 valence electrons. The summed E-state index contributed by atoms with van der Waals surface area (Å²) < 4.78 is 5.00. The highest BCUT2D eigenvalue weighted by Crippen LogP contribution is 2.21. The van der Waals surface area contributed by atoms with Crippen LogP contribution in [0.25, 0.3) is 0 Å². The first-order chi connectivity index (χ1) is 12.8. The van der Waals surface area contributed by atoms with Gasteiger partial charge in [-0.3, -0.25) is 19.3 Å². The SMILES string of the molecule is CC[C@@]1(C)NC(=O)N(CC(=O)OCC(=O)N2CCc3ccccc3C2)C1=O. The van der Waals surface area contributed by atoms with Crippen molar-refractivity contribution >= 4 is 23.8 Å². The lowest BCUT2D eigenvalue weighted by atomic mass is 9.99. The molecule has 8 heteroatoms. The van der Waals surface area contributed by atoms with E-state index in [0.717, 1.165) is 16.9 Å². The van der Waals surface area contributed by atoms with Crippen molar-refractivity contribution in [1.29, 1.82) is 0 Å². The minimum Gasteiger partial charge on any atom is -0.454 e. The Morgan fingerprint density at radius 2 is 1.93 bits per heavy atom. The number of fused-ring (bicyclic) bond motifs is 1. The van der Waals surface area contributed by atoms with Gasteiger partial charge in [-0.15, -0.1) is 0 Å². The number of rotatable bonds is 5. The average Bonchev–Trinajstić information content (AvgIpc) is 2.89. The Bertz CT molecular complexity index is 793. The van der Waals surface area contributed by atoms with Gasteiger partial charge in [0.05, 0.1) is 0 Å². The van der Waals surface area contributed by atoms with Crippen molar-refractivity contribution in [2.75, 3.05) is 19.7 Å². The number of amides is 4. The van der Waals surface area contributed by atoms with Gasteiger partial charge in [0.2, 0.25) is 0 Å². The predicted molar refractivity (Wildman–Crippen MR) is 95.5 cm³/mol. The molecule has 8 nitrogen and oxygen atoms in total. The molecule has 27 heavy (non-hydrogen) atoms. The van der Waals surface area contributed by atoms with Crippen LogP contribution < -0.4 is 5.32 Å². The molecule has 2 aliphatic rings. The van der Waals surface area contributed by atoms with Crippen LogP contribution in [0.5, 0.6) is 0 Å². The van der Waals surface area contributed by atoms with Crippen LogP contribution in [0, 0.1) is 0 Å². The van der Waals surface area contributed by atoms with Gasteiger partial charge in [-0.25, -0.2) is 4.79 Å². The van der Waals surface area contributed by atoms with Crippen molar-refractivity contribution in [1.82, 2.24) is 15.1 Å². The summed E-state index contributed by atoms with van der Waals surface area (Å²) in [5.41, 5.74) is 1.30. The number of hydrogen-bond acceptors (Lipinski definition) is 5. The Morgan fingerprint density at radius 1 is 1.22 bits per heavy atom. The molecule has 0 radical (unpaired) electrons. The van der Waals surface area contributed by atoms with Crippen molar-refractivity contribution in [2.45, 2.75) is 38.8 Å². The lowest BCUT2D eigenvalue weighted by Crippen LogP contribution is -2.44. The number of benzene rings is 1. The number of imide groups is 1. The van der Waals surface area contributed by atoms with Gasteiger partial charge >= 0.3 is 12.0 Å². The van der Waals surface area contributed by atoms with E-state index in [2.05, 4.69) is 5.32 Å². The van der Waals surface area contributed by atoms with Gasteiger partial charge < -0.3 is 15.0 Å². The van der Waals surface area contributed by atoms with E-state index in [1.165, 1.54) is 5.56 Å². The molecule has 1 aromatic carbocycles. The van der Waals surface area contributed by atoms with E-state index in [1.807, 2.05) is 24.3 Å². The quantitative estimate of drug-likeness (QED) is 0.609. The zero-order chi connectivity index (χ0) is 19.6. The number of nitrogens with zero attached hydrogens (tertiary/aromatic N) is 2. The topological polar surface area (TPSA) is 96.0 Å². The predicted octanol–water partition coefficient (Wildman–Crippen LogP) is 0.835. The van der Waals surface area contributed by atoms with Crippen molar-refractivity contribution in [3.63, 3.8) is 0 Å². The van der Waals surface area contributed by atoms with Crippen LogP contribution in [0.4, 0.5) is 4.79 Å². The highest BCUT2D eigenvalue weighted by Gasteiger charge is 2.47. The van der Waals surface area contributed by atoms with Crippen LogP contribution in [0.3, 0.4) is 0 Å². The third-order valence-electron chi connectivity index (χ3n) is 5.18. The van der Waals surface area contributed by atoms with Crippen molar-refractivity contribution in [2.24, 2.45) is 0 Å². The monoisotopic (exact) mass is 373 g/mol. The number of carbonyl (C=O) groups excluding carboxylic acids is 4. The second-order valence-corrected chi connectivity index (χ2v) is 7.00.